The number of benzene rings is 1. The molecule has 0 aliphatic heterocycles. The van der Waals surface area contributed by atoms with Crippen molar-refractivity contribution in [3.63, 3.8) is 0 Å². The minimum atomic E-state index is 0.196. The van der Waals surface area contributed by atoms with Gasteiger partial charge in [0, 0.05) is 25.4 Å². The van der Waals surface area contributed by atoms with Crippen LogP contribution in [-0.2, 0) is 13.5 Å². The molecule has 1 aromatic carbocycles. The molecule has 2 aromatic heterocycles. The van der Waals surface area contributed by atoms with Crippen molar-refractivity contribution in [2.75, 3.05) is 6.61 Å². The van der Waals surface area contributed by atoms with Crippen molar-refractivity contribution in [1.29, 1.82) is 0 Å². The first-order valence-electron chi connectivity index (χ1n) is 6.58. The number of hydrogen-bond donors (Lipinski definition) is 1. The molecule has 0 spiro atoms. The van der Waals surface area contributed by atoms with E-state index in [1.807, 2.05) is 42.1 Å². The highest BCUT2D eigenvalue weighted by atomic mass is 32.1. The summed E-state index contributed by atoms with van der Waals surface area (Å²) in [5, 5.41) is 5.01. The Hall–Kier alpha value is -2.34. The molecule has 0 aliphatic carbocycles. The number of para-hydroxylation sites is 1. The summed E-state index contributed by atoms with van der Waals surface area (Å²) in [6.45, 7) is 0.499. The van der Waals surface area contributed by atoms with Gasteiger partial charge in [-0.25, -0.2) is 0 Å². The van der Waals surface area contributed by atoms with Gasteiger partial charge < -0.3 is 14.9 Å². The highest BCUT2D eigenvalue weighted by Gasteiger charge is 2.17. The zero-order valence-corrected chi connectivity index (χ0v) is 12.4. The Bertz CT molecular complexity index is 791. The van der Waals surface area contributed by atoms with Crippen molar-refractivity contribution in [2.24, 2.45) is 12.8 Å². The fourth-order valence-electron chi connectivity index (χ4n) is 2.23. The maximum Gasteiger partial charge on any atom is 0.204 e. The molecule has 2 N–H and O–H groups in total. The summed E-state index contributed by atoms with van der Waals surface area (Å²) < 4.78 is 13.4. The lowest BCUT2D eigenvalue weighted by Crippen LogP contribution is -2.11. The zero-order valence-electron chi connectivity index (χ0n) is 11.6. The fraction of sp³-hybridized carbons (Fsp3) is 0.200. The predicted molar refractivity (Wildman–Crippen MR) is 84.5 cm³/mol. The van der Waals surface area contributed by atoms with E-state index in [4.69, 9.17) is 27.1 Å². The third kappa shape index (κ3) is 2.62. The second-order valence-corrected chi connectivity index (χ2v) is 5.11. The normalized spacial score (nSPS) is 10.9. The molecule has 0 saturated carbocycles. The van der Waals surface area contributed by atoms with Gasteiger partial charge in [0.25, 0.3) is 0 Å². The van der Waals surface area contributed by atoms with Crippen LogP contribution in [0.25, 0.3) is 11.0 Å². The number of rotatable bonds is 5. The van der Waals surface area contributed by atoms with Gasteiger partial charge in [0.15, 0.2) is 5.75 Å². The van der Waals surface area contributed by atoms with Crippen LogP contribution in [0.2, 0.25) is 0 Å². The average Bonchev–Trinajstić information content (AvgIpc) is 3.04. The Balaban J connectivity index is 1.84. The lowest BCUT2D eigenvalue weighted by atomic mass is 10.2. The third-order valence-corrected chi connectivity index (χ3v) is 3.49. The van der Waals surface area contributed by atoms with E-state index in [0.717, 1.165) is 23.1 Å². The number of ether oxygens (including phenoxy) is 1. The molecule has 0 fully saturated rings. The first kappa shape index (κ1) is 13.6. The van der Waals surface area contributed by atoms with E-state index in [9.17, 15) is 0 Å². The largest absolute Gasteiger partial charge is 0.488 e. The summed E-state index contributed by atoms with van der Waals surface area (Å²) in [7, 11) is 1.91. The van der Waals surface area contributed by atoms with E-state index < -0.39 is 0 Å². The van der Waals surface area contributed by atoms with Gasteiger partial charge >= 0.3 is 0 Å². The van der Waals surface area contributed by atoms with Crippen molar-refractivity contribution < 1.29 is 9.15 Å². The van der Waals surface area contributed by atoms with E-state index in [-0.39, 0.29) is 4.99 Å². The Labute approximate surface area is 127 Å². The number of nitrogens with two attached hydrogens (primary N) is 1. The van der Waals surface area contributed by atoms with Crippen LogP contribution < -0.4 is 10.5 Å². The number of aromatic nitrogens is 2. The highest BCUT2D eigenvalue weighted by Crippen LogP contribution is 2.33. The Morgan fingerprint density at radius 1 is 1.38 bits per heavy atom. The van der Waals surface area contributed by atoms with E-state index in [0.29, 0.717) is 18.1 Å². The van der Waals surface area contributed by atoms with Gasteiger partial charge in [-0.15, -0.1) is 0 Å². The monoisotopic (exact) mass is 301 g/mol. The molecule has 108 valence electrons. The van der Waals surface area contributed by atoms with Crippen molar-refractivity contribution in [1.82, 2.24) is 9.78 Å². The van der Waals surface area contributed by atoms with Gasteiger partial charge in [-0.05, 0) is 18.2 Å². The molecule has 3 aromatic rings. The molecule has 0 saturated heterocycles. The third-order valence-electron chi connectivity index (χ3n) is 3.30. The minimum Gasteiger partial charge on any atom is -0.488 e. The molecule has 0 atom stereocenters. The Morgan fingerprint density at radius 2 is 2.19 bits per heavy atom. The molecular weight excluding hydrogens is 286 g/mol. The van der Waals surface area contributed by atoms with Crippen LogP contribution in [0.5, 0.6) is 5.75 Å². The molecule has 21 heavy (non-hydrogen) atoms. The van der Waals surface area contributed by atoms with Crippen LogP contribution in [0.15, 0.2) is 40.9 Å². The van der Waals surface area contributed by atoms with Crippen LogP contribution in [0, 0.1) is 0 Å². The number of thiocarbonyl (C=S) groups is 1. The molecule has 0 bridgehead atoms. The van der Waals surface area contributed by atoms with Crippen molar-refractivity contribution in [3.8, 4) is 5.75 Å². The maximum atomic E-state index is 5.88. The summed E-state index contributed by atoms with van der Waals surface area (Å²) >= 11 is 5.03. The van der Waals surface area contributed by atoms with Crippen LogP contribution in [-0.4, -0.2) is 21.4 Å². The van der Waals surface area contributed by atoms with Gasteiger partial charge in [0.2, 0.25) is 5.76 Å². The summed E-state index contributed by atoms with van der Waals surface area (Å²) in [6, 6.07) is 9.58. The second-order valence-electron chi connectivity index (χ2n) is 4.67. The summed E-state index contributed by atoms with van der Waals surface area (Å²) in [6.07, 6.45) is 2.51. The number of nitrogens with zero attached hydrogens (tertiary/aromatic N) is 2. The first-order chi connectivity index (χ1) is 10.2. The van der Waals surface area contributed by atoms with E-state index in [1.54, 1.807) is 6.20 Å². The zero-order chi connectivity index (χ0) is 14.8. The average molecular weight is 301 g/mol. The van der Waals surface area contributed by atoms with Crippen LogP contribution in [0.4, 0.5) is 0 Å². The molecule has 0 amide bonds. The minimum absolute atomic E-state index is 0.196. The lowest BCUT2D eigenvalue weighted by molar-refractivity contribution is 0.316. The number of aryl methyl sites for hydroxylation is 1. The fourth-order valence-corrected chi connectivity index (χ4v) is 2.37. The SMILES string of the molecule is Cn1nccc1CCOc1c(C(N)=S)oc2ccccc12. The first-order valence-corrected chi connectivity index (χ1v) is 6.98. The highest BCUT2D eigenvalue weighted by molar-refractivity contribution is 7.80. The number of hydrogen-bond acceptors (Lipinski definition) is 4. The van der Waals surface area contributed by atoms with E-state index in [2.05, 4.69) is 5.10 Å². The summed E-state index contributed by atoms with van der Waals surface area (Å²) in [5.41, 5.74) is 7.53. The Morgan fingerprint density at radius 3 is 2.90 bits per heavy atom. The molecule has 6 heteroatoms. The molecule has 0 radical (unpaired) electrons. The summed E-state index contributed by atoms with van der Waals surface area (Å²) in [4.78, 5) is 0.196. The van der Waals surface area contributed by atoms with Crippen LogP contribution in [0.3, 0.4) is 0 Å². The lowest BCUT2D eigenvalue weighted by Gasteiger charge is -2.06. The summed E-state index contributed by atoms with van der Waals surface area (Å²) in [5.74, 6) is 1.04. The molecule has 0 aliphatic rings. The number of furan rings is 1. The quantitative estimate of drug-likeness (QED) is 0.733. The van der Waals surface area contributed by atoms with Gasteiger partial charge in [-0.3, -0.25) is 4.68 Å². The predicted octanol–water partition coefficient (Wildman–Crippen LogP) is 2.42. The Kier molecular flexibility index (Phi) is 3.62. The molecule has 5 nitrogen and oxygen atoms in total. The van der Waals surface area contributed by atoms with E-state index >= 15 is 0 Å². The van der Waals surface area contributed by atoms with Crippen LogP contribution >= 0.6 is 12.2 Å². The smallest absolute Gasteiger partial charge is 0.204 e. The number of fused-ring (bicyclic) bond motifs is 1. The van der Waals surface area contributed by atoms with Crippen molar-refractivity contribution in [3.05, 3.63) is 48.0 Å². The van der Waals surface area contributed by atoms with Crippen molar-refractivity contribution in [2.45, 2.75) is 6.42 Å². The standard InChI is InChI=1S/C15H15N3O2S/c1-18-10(6-8-17-18)7-9-19-13-11-4-2-3-5-12(11)20-14(13)15(16)21/h2-6,8H,7,9H2,1H3,(H2,16,21). The molecular formula is C15H15N3O2S. The molecule has 2 heterocycles. The van der Waals surface area contributed by atoms with Gasteiger partial charge in [-0.2, -0.15) is 5.10 Å². The van der Waals surface area contributed by atoms with Crippen molar-refractivity contribution >= 4 is 28.2 Å². The molecule has 0 unspecified atom stereocenters. The van der Waals surface area contributed by atoms with Gasteiger partial charge in [0.05, 0.1) is 12.0 Å². The second kappa shape index (κ2) is 5.57. The van der Waals surface area contributed by atoms with Crippen LogP contribution in [0.1, 0.15) is 11.5 Å². The van der Waals surface area contributed by atoms with Gasteiger partial charge in [-0.1, -0.05) is 24.4 Å². The maximum absolute atomic E-state index is 5.88. The molecule has 3 rings (SSSR count). The van der Waals surface area contributed by atoms with Gasteiger partial charge in [0.1, 0.15) is 10.6 Å². The van der Waals surface area contributed by atoms with E-state index in [1.165, 1.54) is 0 Å². The topological polar surface area (TPSA) is 66.2 Å².